The lowest BCUT2D eigenvalue weighted by Gasteiger charge is -2.35. The second-order valence-electron chi connectivity index (χ2n) is 5.34. The summed E-state index contributed by atoms with van der Waals surface area (Å²) in [5.41, 5.74) is 5.01. The summed E-state index contributed by atoms with van der Waals surface area (Å²) in [5, 5.41) is 20.1. The summed E-state index contributed by atoms with van der Waals surface area (Å²) in [6.07, 6.45) is 3.73. The molecule has 5 N–H and O–H groups in total. The third kappa shape index (κ3) is 4.19. The van der Waals surface area contributed by atoms with Crippen LogP contribution < -0.4 is 11.1 Å². The van der Waals surface area contributed by atoms with Gasteiger partial charge in [-0.15, -0.1) is 0 Å². The Morgan fingerprint density at radius 2 is 1.75 bits per heavy atom. The molecule has 1 rings (SSSR count). The summed E-state index contributed by atoms with van der Waals surface area (Å²) in [7, 11) is 0. The van der Waals surface area contributed by atoms with E-state index >= 15 is 0 Å². The van der Waals surface area contributed by atoms with Gasteiger partial charge in [0.2, 0.25) is 5.91 Å². The number of nitrogens with one attached hydrogen (secondary N) is 1. The van der Waals surface area contributed by atoms with Crippen LogP contribution >= 0.6 is 0 Å². The molecule has 1 aliphatic rings. The van der Waals surface area contributed by atoms with E-state index in [1.807, 2.05) is 0 Å². The molecule has 1 amide bonds. The zero-order chi connectivity index (χ0) is 15.2. The summed E-state index contributed by atoms with van der Waals surface area (Å²) in [4.78, 5) is 33.9. The number of hydrogen-bond donors (Lipinski definition) is 4. The highest BCUT2D eigenvalue weighted by Crippen LogP contribution is 2.35. The van der Waals surface area contributed by atoms with Gasteiger partial charge in [0.15, 0.2) is 0 Å². The Labute approximate surface area is 117 Å². The van der Waals surface area contributed by atoms with Gasteiger partial charge in [-0.1, -0.05) is 19.3 Å². The van der Waals surface area contributed by atoms with Crippen molar-refractivity contribution in [3.8, 4) is 0 Å². The predicted octanol–water partition coefficient (Wildman–Crippen LogP) is 0.330. The maximum Gasteiger partial charge on any atom is 0.326 e. The minimum atomic E-state index is -1.22. The molecule has 0 unspecified atom stereocenters. The average molecular weight is 286 g/mol. The van der Waals surface area contributed by atoms with E-state index in [9.17, 15) is 14.4 Å². The van der Waals surface area contributed by atoms with E-state index in [0.29, 0.717) is 12.8 Å². The van der Waals surface area contributed by atoms with Crippen molar-refractivity contribution < 1.29 is 24.6 Å². The number of hydrogen-bond acceptors (Lipinski definition) is 4. The van der Waals surface area contributed by atoms with E-state index in [-0.39, 0.29) is 25.3 Å². The van der Waals surface area contributed by atoms with Crippen molar-refractivity contribution in [2.24, 2.45) is 11.1 Å². The van der Waals surface area contributed by atoms with Crippen LogP contribution in [0.4, 0.5) is 0 Å². The first kappa shape index (κ1) is 16.4. The molecule has 0 bridgehead atoms. The molecule has 0 radical (unpaired) electrons. The van der Waals surface area contributed by atoms with E-state index in [2.05, 4.69) is 5.32 Å². The van der Waals surface area contributed by atoms with E-state index in [0.717, 1.165) is 19.3 Å². The fraction of sp³-hybridized carbons (Fsp3) is 0.769. The van der Waals surface area contributed by atoms with E-state index in [1.54, 1.807) is 0 Å². The van der Waals surface area contributed by atoms with Crippen LogP contribution in [-0.2, 0) is 14.4 Å². The normalized spacial score (nSPS) is 19.1. The van der Waals surface area contributed by atoms with Gasteiger partial charge in [0, 0.05) is 13.0 Å². The molecule has 7 heteroatoms. The number of nitrogens with two attached hydrogens (primary N) is 1. The van der Waals surface area contributed by atoms with E-state index in [4.69, 9.17) is 15.9 Å². The number of carboxylic acid groups (broad SMARTS) is 2. The van der Waals surface area contributed by atoms with Gasteiger partial charge in [0.05, 0.1) is 5.41 Å². The molecule has 20 heavy (non-hydrogen) atoms. The molecule has 114 valence electrons. The van der Waals surface area contributed by atoms with Crippen molar-refractivity contribution >= 4 is 17.8 Å². The van der Waals surface area contributed by atoms with Crippen LogP contribution in [0.3, 0.4) is 0 Å². The van der Waals surface area contributed by atoms with Gasteiger partial charge in [-0.25, -0.2) is 4.79 Å². The molecule has 1 fully saturated rings. The lowest BCUT2D eigenvalue weighted by atomic mass is 9.73. The molecular weight excluding hydrogens is 264 g/mol. The van der Waals surface area contributed by atoms with Crippen molar-refractivity contribution in [3.63, 3.8) is 0 Å². The van der Waals surface area contributed by atoms with Crippen LogP contribution in [0.5, 0.6) is 0 Å². The van der Waals surface area contributed by atoms with Gasteiger partial charge in [0.25, 0.3) is 0 Å². The number of aliphatic carboxylic acids is 2. The monoisotopic (exact) mass is 286 g/mol. The van der Waals surface area contributed by atoms with Crippen molar-refractivity contribution in [2.45, 2.75) is 51.0 Å². The first-order chi connectivity index (χ1) is 9.41. The predicted molar refractivity (Wildman–Crippen MR) is 71.0 cm³/mol. The average Bonchev–Trinajstić information content (AvgIpc) is 2.43. The number of carbonyl (C=O) groups is 3. The Bertz CT molecular complexity index is 377. The molecule has 0 spiro atoms. The summed E-state index contributed by atoms with van der Waals surface area (Å²) in [6, 6.07) is -1.18. The topological polar surface area (TPSA) is 130 Å². The molecule has 0 aromatic heterocycles. The second kappa shape index (κ2) is 7.23. The molecule has 1 saturated carbocycles. The van der Waals surface area contributed by atoms with Crippen LogP contribution in [0.1, 0.15) is 44.9 Å². The maximum atomic E-state index is 12.3. The van der Waals surface area contributed by atoms with Gasteiger partial charge in [-0.3, -0.25) is 9.59 Å². The molecule has 1 aliphatic carbocycles. The lowest BCUT2D eigenvalue weighted by Crippen LogP contribution is -2.52. The Hall–Kier alpha value is -1.63. The van der Waals surface area contributed by atoms with Crippen molar-refractivity contribution in [3.05, 3.63) is 0 Å². The molecule has 7 nitrogen and oxygen atoms in total. The van der Waals surface area contributed by atoms with Crippen molar-refractivity contribution in [1.82, 2.24) is 5.32 Å². The van der Waals surface area contributed by atoms with Gasteiger partial charge in [-0.05, 0) is 19.3 Å². The number of carboxylic acids is 2. The van der Waals surface area contributed by atoms with Crippen molar-refractivity contribution in [1.29, 1.82) is 0 Å². The molecule has 0 aliphatic heterocycles. The largest absolute Gasteiger partial charge is 0.481 e. The number of rotatable bonds is 7. The fourth-order valence-electron chi connectivity index (χ4n) is 2.59. The van der Waals surface area contributed by atoms with Crippen LogP contribution in [-0.4, -0.2) is 40.6 Å². The fourth-order valence-corrected chi connectivity index (χ4v) is 2.59. The quantitative estimate of drug-likeness (QED) is 0.533. The SMILES string of the molecule is NCC1(C(=O)N[C@@H](CCC(=O)O)C(=O)O)CCCCC1. The minimum Gasteiger partial charge on any atom is -0.481 e. The molecule has 1 atom stereocenters. The van der Waals surface area contributed by atoms with Gasteiger partial charge in [0.1, 0.15) is 6.04 Å². The van der Waals surface area contributed by atoms with Crippen LogP contribution in [0, 0.1) is 5.41 Å². The van der Waals surface area contributed by atoms with Gasteiger partial charge in [-0.2, -0.15) is 0 Å². The highest BCUT2D eigenvalue weighted by molar-refractivity contribution is 5.88. The summed E-state index contributed by atoms with van der Waals surface area (Å²) in [5.74, 6) is -2.67. The van der Waals surface area contributed by atoms with E-state index in [1.165, 1.54) is 0 Å². The number of amides is 1. The zero-order valence-electron chi connectivity index (χ0n) is 11.4. The Morgan fingerprint density at radius 1 is 1.15 bits per heavy atom. The second-order valence-corrected chi connectivity index (χ2v) is 5.34. The van der Waals surface area contributed by atoms with Gasteiger partial charge < -0.3 is 21.3 Å². The van der Waals surface area contributed by atoms with Crippen LogP contribution in [0.25, 0.3) is 0 Å². The highest BCUT2D eigenvalue weighted by Gasteiger charge is 2.39. The molecule has 0 aromatic rings. The smallest absolute Gasteiger partial charge is 0.326 e. The zero-order valence-corrected chi connectivity index (χ0v) is 11.4. The summed E-state index contributed by atoms with van der Waals surface area (Å²) < 4.78 is 0. The lowest BCUT2D eigenvalue weighted by molar-refractivity contribution is -0.145. The molecule has 0 saturated heterocycles. The standard InChI is InChI=1S/C13H22N2O5/c14-8-13(6-2-1-3-7-13)12(20)15-9(11(18)19)4-5-10(16)17/h9H,1-8,14H2,(H,15,20)(H,16,17)(H,18,19)/t9-/m0/s1. The first-order valence-corrected chi connectivity index (χ1v) is 6.87. The van der Waals surface area contributed by atoms with Crippen molar-refractivity contribution in [2.75, 3.05) is 6.54 Å². The first-order valence-electron chi connectivity index (χ1n) is 6.87. The van der Waals surface area contributed by atoms with E-state index < -0.39 is 23.4 Å². The third-order valence-corrected chi connectivity index (χ3v) is 3.93. The Balaban J connectivity index is 2.68. The molecule has 0 heterocycles. The number of carbonyl (C=O) groups excluding carboxylic acids is 1. The molecular formula is C13H22N2O5. The van der Waals surface area contributed by atoms with Gasteiger partial charge >= 0.3 is 11.9 Å². The highest BCUT2D eigenvalue weighted by atomic mass is 16.4. The van der Waals surface area contributed by atoms with Crippen LogP contribution in [0.2, 0.25) is 0 Å². The minimum absolute atomic E-state index is 0.128. The third-order valence-electron chi connectivity index (χ3n) is 3.93. The summed E-state index contributed by atoms with van der Waals surface area (Å²) >= 11 is 0. The Kier molecular flexibility index (Phi) is 5.94. The maximum absolute atomic E-state index is 12.3. The summed E-state index contributed by atoms with van der Waals surface area (Å²) in [6.45, 7) is 0.185. The van der Waals surface area contributed by atoms with Crippen LogP contribution in [0.15, 0.2) is 0 Å². The molecule has 0 aromatic carbocycles. The Morgan fingerprint density at radius 3 is 2.20 bits per heavy atom.